The van der Waals surface area contributed by atoms with Crippen LogP contribution in [-0.2, 0) is 4.74 Å². The van der Waals surface area contributed by atoms with Gasteiger partial charge in [-0.3, -0.25) is 0 Å². The van der Waals surface area contributed by atoms with Gasteiger partial charge in [-0.1, -0.05) is 18.5 Å². The molecule has 1 aromatic heterocycles. The Kier molecular flexibility index (Phi) is 3.85. The third kappa shape index (κ3) is 2.13. The van der Waals surface area contributed by atoms with Crippen molar-refractivity contribution in [2.75, 3.05) is 0 Å². The lowest BCUT2D eigenvalue weighted by atomic mass is 9.86. The van der Waals surface area contributed by atoms with Crippen LogP contribution in [0, 0.1) is 11.8 Å². The topological polar surface area (TPSA) is 9.23 Å². The van der Waals surface area contributed by atoms with E-state index >= 15 is 0 Å². The van der Waals surface area contributed by atoms with E-state index in [1.807, 2.05) is 11.4 Å². The van der Waals surface area contributed by atoms with Crippen LogP contribution in [0.3, 0.4) is 0 Å². The number of hydrogen-bond donors (Lipinski definition) is 0. The first kappa shape index (κ1) is 12.7. The highest BCUT2D eigenvalue weighted by atomic mass is 35.5. The average Bonchev–Trinajstić information content (AvgIpc) is 2.73. The molecule has 0 N–H and O–H groups in total. The predicted molar refractivity (Wildman–Crippen MR) is 70.6 cm³/mol. The van der Waals surface area contributed by atoms with Gasteiger partial charge in [-0.25, -0.2) is 0 Å². The van der Waals surface area contributed by atoms with Crippen LogP contribution in [-0.4, -0.2) is 12.2 Å². The summed E-state index contributed by atoms with van der Waals surface area (Å²) in [7, 11) is 0. The van der Waals surface area contributed by atoms with E-state index in [2.05, 4.69) is 20.8 Å². The predicted octanol–water partition coefficient (Wildman–Crippen LogP) is 4.74. The molecule has 0 aromatic carbocycles. The maximum atomic E-state index is 6.56. The van der Waals surface area contributed by atoms with Crippen molar-refractivity contribution in [1.29, 1.82) is 0 Å². The lowest BCUT2D eigenvalue weighted by Crippen LogP contribution is -2.21. The molecule has 1 saturated heterocycles. The van der Waals surface area contributed by atoms with E-state index in [0.29, 0.717) is 11.8 Å². The Balaban J connectivity index is 2.22. The van der Waals surface area contributed by atoms with Gasteiger partial charge in [0.1, 0.15) is 0 Å². The summed E-state index contributed by atoms with van der Waals surface area (Å²) < 4.78 is 5.82. The van der Waals surface area contributed by atoms with Crippen molar-refractivity contribution in [3.8, 4) is 0 Å². The molecular weight excluding hydrogens is 263 g/mol. The number of hydrogen-bond acceptors (Lipinski definition) is 2. The zero-order valence-corrected chi connectivity index (χ0v) is 11.9. The fraction of sp³-hybridized carbons (Fsp3) is 0.667. The second-order valence-electron chi connectivity index (χ2n) is 4.52. The molecule has 0 bridgehead atoms. The first-order valence-corrected chi connectivity index (χ1v) is 7.24. The van der Waals surface area contributed by atoms with E-state index in [9.17, 15) is 0 Å². The van der Waals surface area contributed by atoms with Crippen LogP contribution in [0.5, 0.6) is 0 Å². The number of alkyl halides is 1. The monoisotopic (exact) mass is 278 g/mol. The molecule has 4 heteroatoms. The van der Waals surface area contributed by atoms with Gasteiger partial charge in [-0.05, 0) is 31.2 Å². The summed E-state index contributed by atoms with van der Waals surface area (Å²) in [6.07, 6.45) is 0.477. The quantitative estimate of drug-likeness (QED) is 0.710. The minimum absolute atomic E-state index is 0.0394. The molecule has 16 heavy (non-hydrogen) atoms. The van der Waals surface area contributed by atoms with Crippen LogP contribution in [0.1, 0.15) is 31.0 Å². The van der Waals surface area contributed by atoms with Crippen molar-refractivity contribution in [2.24, 2.45) is 11.8 Å². The molecule has 0 radical (unpaired) electrons. The van der Waals surface area contributed by atoms with E-state index in [0.717, 1.165) is 9.90 Å². The number of halogens is 2. The van der Waals surface area contributed by atoms with Crippen molar-refractivity contribution in [3.63, 3.8) is 0 Å². The van der Waals surface area contributed by atoms with Gasteiger partial charge in [0.25, 0.3) is 0 Å². The summed E-state index contributed by atoms with van der Waals surface area (Å²) in [5.74, 6) is 0.809. The lowest BCUT2D eigenvalue weighted by Gasteiger charge is -2.23. The van der Waals surface area contributed by atoms with Crippen molar-refractivity contribution in [2.45, 2.75) is 38.4 Å². The highest BCUT2D eigenvalue weighted by molar-refractivity contribution is 7.11. The Hall–Kier alpha value is 0.240. The van der Waals surface area contributed by atoms with E-state index in [4.69, 9.17) is 27.9 Å². The van der Waals surface area contributed by atoms with Crippen LogP contribution in [0.2, 0.25) is 5.02 Å². The number of rotatable bonds is 2. The summed E-state index contributed by atoms with van der Waals surface area (Å²) >= 11 is 14.3. The number of thiophene rings is 1. The van der Waals surface area contributed by atoms with Gasteiger partial charge in [0.15, 0.2) is 0 Å². The molecule has 2 heterocycles. The van der Waals surface area contributed by atoms with E-state index in [1.165, 1.54) is 0 Å². The summed E-state index contributed by atoms with van der Waals surface area (Å²) in [5, 5.41) is 2.73. The Labute approximate surface area is 111 Å². The second-order valence-corrected chi connectivity index (χ2v) is 6.34. The van der Waals surface area contributed by atoms with Crippen molar-refractivity contribution in [3.05, 3.63) is 21.3 Å². The van der Waals surface area contributed by atoms with Gasteiger partial charge in [-0.2, -0.15) is 0 Å². The van der Waals surface area contributed by atoms with Gasteiger partial charge in [0.05, 0.1) is 22.6 Å². The van der Waals surface area contributed by atoms with E-state index in [-0.39, 0.29) is 17.6 Å². The molecule has 90 valence electrons. The molecule has 1 fully saturated rings. The normalized spacial score (nSPS) is 36.6. The van der Waals surface area contributed by atoms with Crippen LogP contribution >= 0.6 is 34.5 Å². The minimum atomic E-state index is -0.0394. The molecular formula is C12H16Cl2OS. The third-order valence-electron chi connectivity index (χ3n) is 3.55. The molecule has 0 saturated carbocycles. The van der Waals surface area contributed by atoms with E-state index < -0.39 is 0 Å². The Morgan fingerprint density at radius 1 is 1.31 bits per heavy atom. The van der Waals surface area contributed by atoms with Gasteiger partial charge < -0.3 is 4.74 Å². The zero-order chi connectivity index (χ0) is 11.9. The smallest absolute Gasteiger partial charge is 0.0749 e. The summed E-state index contributed by atoms with van der Waals surface area (Å²) in [4.78, 5) is 1.07. The van der Waals surface area contributed by atoms with Gasteiger partial charge in [0.2, 0.25) is 0 Å². The van der Waals surface area contributed by atoms with Gasteiger partial charge in [0, 0.05) is 10.8 Å². The van der Waals surface area contributed by atoms with Crippen molar-refractivity contribution in [1.82, 2.24) is 0 Å². The molecule has 5 unspecified atom stereocenters. The van der Waals surface area contributed by atoms with Crippen LogP contribution in [0.15, 0.2) is 11.4 Å². The average molecular weight is 279 g/mol. The molecule has 2 rings (SSSR count). The third-order valence-corrected chi connectivity index (χ3v) is 5.63. The fourth-order valence-corrected chi connectivity index (χ4v) is 4.44. The van der Waals surface area contributed by atoms with E-state index in [1.54, 1.807) is 11.3 Å². The minimum Gasteiger partial charge on any atom is -0.375 e. The second kappa shape index (κ2) is 4.85. The molecule has 1 aliphatic heterocycles. The molecule has 1 aliphatic rings. The summed E-state index contributed by atoms with van der Waals surface area (Å²) in [6, 6.07) is 1.91. The number of ether oxygens (including phenoxy) is 1. The van der Waals surface area contributed by atoms with Gasteiger partial charge >= 0.3 is 0 Å². The molecule has 0 amide bonds. The Bertz CT molecular complexity index is 366. The highest BCUT2D eigenvalue weighted by Crippen LogP contribution is 2.47. The summed E-state index contributed by atoms with van der Waals surface area (Å²) in [5.41, 5.74) is 0. The Morgan fingerprint density at radius 3 is 2.44 bits per heavy atom. The molecule has 5 atom stereocenters. The first-order valence-electron chi connectivity index (χ1n) is 5.54. The molecule has 0 spiro atoms. The molecule has 1 aromatic rings. The van der Waals surface area contributed by atoms with Crippen molar-refractivity contribution < 1.29 is 4.74 Å². The van der Waals surface area contributed by atoms with Crippen LogP contribution in [0.25, 0.3) is 0 Å². The fourth-order valence-electron chi connectivity index (χ4n) is 2.48. The standard InChI is InChI=1S/C12H16Cl2OS/c1-6-7(2)15-8(3)10(6)11(14)12-9(13)4-5-16-12/h4-8,10-11H,1-3H3. The maximum absolute atomic E-state index is 6.56. The lowest BCUT2D eigenvalue weighted by molar-refractivity contribution is 0.0508. The maximum Gasteiger partial charge on any atom is 0.0749 e. The molecule has 0 aliphatic carbocycles. The van der Waals surface area contributed by atoms with Gasteiger partial charge in [-0.15, -0.1) is 22.9 Å². The van der Waals surface area contributed by atoms with Crippen molar-refractivity contribution >= 4 is 34.5 Å². The first-order chi connectivity index (χ1) is 7.52. The highest BCUT2D eigenvalue weighted by Gasteiger charge is 2.42. The molecule has 1 nitrogen and oxygen atoms in total. The zero-order valence-electron chi connectivity index (χ0n) is 9.61. The SMILES string of the molecule is CC1OC(C)C(C(Cl)c2sccc2Cl)C1C. The Morgan fingerprint density at radius 2 is 2.00 bits per heavy atom. The van der Waals surface area contributed by atoms with Crippen LogP contribution in [0.4, 0.5) is 0 Å². The largest absolute Gasteiger partial charge is 0.375 e. The summed E-state index contributed by atoms with van der Waals surface area (Å²) in [6.45, 7) is 6.41. The van der Waals surface area contributed by atoms with Crippen LogP contribution < -0.4 is 0 Å².